The average Bonchev–Trinajstić information content (AvgIpc) is 3.03. The fourth-order valence-corrected chi connectivity index (χ4v) is 3.41. The summed E-state index contributed by atoms with van der Waals surface area (Å²) in [5, 5.41) is 7.22. The number of likely N-dealkylation sites (N-methyl/N-ethyl adjacent to an activating group) is 1. The summed E-state index contributed by atoms with van der Waals surface area (Å²) in [5.74, 6) is 0.624. The number of aromatic nitrogens is 2. The molecular weight excluding hydrogens is 286 g/mol. The van der Waals surface area contributed by atoms with Crippen molar-refractivity contribution >= 4 is 5.91 Å². The first-order valence-electron chi connectivity index (χ1n) is 8.52. The van der Waals surface area contributed by atoms with Crippen LogP contribution in [0.4, 0.5) is 0 Å². The highest BCUT2D eigenvalue weighted by atomic mass is 16.2. The van der Waals surface area contributed by atoms with Gasteiger partial charge in [-0.15, -0.1) is 0 Å². The number of aromatic amines is 1. The Morgan fingerprint density at radius 3 is 2.74 bits per heavy atom. The van der Waals surface area contributed by atoms with Gasteiger partial charge in [-0.2, -0.15) is 5.10 Å². The number of amides is 1. The molecular formula is C19H25N3O. The van der Waals surface area contributed by atoms with Crippen molar-refractivity contribution in [2.45, 2.75) is 52.0 Å². The van der Waals surface area contributed by atoms with Crippen LogP contribution in [-0.4, -0.2) is 33.6 Å². The molecule has 0 aliphatic heterocycles. The monoisotopic (exact) mass is 311 g/mol. The van der Waals surface area contributed by atoms with Gasteiger partial charge in [0, 0.05) is 24.3 Å². The molecule has 0 fully saturated rings. The lowest BCUT2D eigenvalue weighted by Crippen LogP contribution is -2.43. The van der Waals surface area contributed by atoms with E-state index in [1.165, 1.54) is 11.1 Å². The van der Waals surface area contributed by atoms with Crippen LogP contribution < -0.4 is 0 Å². The number of hydrogen-bond acceptors (Lipinski definition) is 2. The molecule has 1 atom stereocenters. The Labute approximate surface area is 137 Å². The molecule has 4 nitrogen and oxygen atoms in total. The van der Waals surface area contributed by atoms with Crippen LogP contribution in [0.5, 0.6) is 0 Å². The second-order valence-corrected chi connectivity index (χ2v) is 6.62. The zero-order valence-corrected chi connectivity index (χ0v) is 14.2. The molecule has 1 aromatic carbocycles. The molecule has 3 rings (SSSR count). The second kappa shape index (κ2) is 6.57. The number of nitrogens with zero attached hydrogens (tertiary/aromatic N) is 2. The van der Waals surface area contributed by atoms with Crippen LogP contribution in [0.2, 0.25) is 0 Å². The minimum atomic E-state index is 0.139. The first-order valence-corrected chi connectivity index (χ1v) is 8.52. The molecule has 1 aliphatic carbocycles. The van der Waals surface area contributed by atoms with E-state index in [0.29, 0.717) is 5.92 Å². The lowest BCUT2D eigenvalue weighted by Gasteiger charge is -2.33. The number of fused-ring (bicyclic) bond motifs is 1. The first-order chi connectivity index (χ1) is 11.1. The molecule has 1 amide bonds. The topological polar surface area (TPSA) is 49.0 Å². The summed E-state index contributed by atoms with van der Waals surface area (Å²) in [4.78, 5) is 14.9. The third-order valence-electron chi connectivity index (χ3n) is 4.85. The molecule has 0 saturated heterocycles. The van der Waals surface area contributed by atoms with Gasteiger partial charge in [0.15, 0.2) is 0 Å². The molecule has 0 radical (unpaired) electrons. The molecule has 0 saturated carbocycles. The predicted molar refractivity (Wildman–Crippen MR) is 91.6 cm³/mol. The van der Waals surface area contributed by atoms with Gasteiger partial charge in [0.1, 0.15) is 0 Å². The van der Waals surface area contributed by atoms with Gasteiger partial charge >= 0.3 is 0 Å². The Balaban J connectivity index is 1.76. The Morgan fingerprint density at radius 1 is 1.35 bits per heavy atom. The van der Waals surface area contributed by atoms with Crippen molar-refractivity contribution in [2.75, 3.05) is 6.54 Å². The highest BCUT2D eigenvalue weighted by Crippen LogP contribution is 2.24. The number of nitrogens with one attached hydrogen (secondary N) is 1. The summed E-state index contributed by atoms with van der Waals surface area (Å²) in [7, 11) is 0. The molecule has 1 unspecified atom stereocenters. The van der Waals surface area contributed by atoms with Crippen LogP contribution in [-0.2, 0) is 12.8 Å². The van der Waals surface area contributed by atoms with Crippen molar-refractivity contribution in [3.8, 4) is 0 Å². The van der Waals surface area contributed by atoms with Crippen LogP contribution in [0.1, 0.15) is 60.3 Å². The number of carbonyl (C=O) groups is 1. The van der Waals surface area contributed by atoms with E-state index in [1.54, 1.807) is 0 Å². The van der Waals surface area contributed by atoms with E-state index < -0.39 is 0 Å². The van der Waals surface area contributed by atoms with Gasteiger partial charge in [0.25, 0.3) is 5.91 Å². The SMILES string of the molecule is CCN(C(=O)c1ccc(C(C)C)cc1)C1CCc2n[nH]cc2C1. The molecule has 1 heterocycles. The van der Waals surface area contributed by atoms with Crippen LogP contribution in [0.15, 0.2) is 30.5 Å². The standard InChI is InChI=1S/C19H25N3O/c1-4-22(17-9-10-18-16(11-17)12-20-21-18)19(23)15-7-5-14(6-8-15)13(2)3/h5-8,12-13,17H,4,9-11H2,1-3H3,(H,20,21). The van der Waals surface area contributed by atoms with Crippen molar-refractivity contribution in [1.29, 1.82) is 0 Å². The summed E-state index contributed by atoms with van der Waals surface area (Å²) >= 11 is 0. The summed E-state index contributed by atoms with van der Waals surface area (Å²) in [6, 6.07) is 8.34. The van der Waals surface area contributed by atoms with Crippen LogP contribution in [0.25, 0.3) is 0 Å². The van der Waals surface area contributed by atoms with Crippen LogP contribution in [0, 0.1) is 0 Å². The summed E-state index contributed by atoms with van der Waals surface area (Å²) in [6.45, 7) is 7.13. The van der Waals surface area contributed by atoms with Crippen molar-refractivity contribution in [2.24, 2.45) is 0 Å². The van der Waals surface area contributed by atoms with E-state index in [-0.39, 0.29) is 11.9 Å². The normalized spacial score (nSPS) is 17.1. The molecule has 1 aromatic heterocycles. The maximum absolute atomic E-state index is 12.9. The van der Waals surface area contributed by atoms with E-state index in [9.17, 15) is 4.79 Å². The van der Waals surface area contributed by atoms with Gasteiger partial charge in [0.05, 0.1) is 5.69 Å². The average molecular weight is 311 g/mol. The van der Waals surface area contributed by atoms with Crippen LogP contribution in [0.3, 0.4) is 0 Å². The minimum absolute atomic E-state index is 0.139. The number of benzene rings is 1. The highest BCUT2D eigenvalue weighted by molar-refractivity contribution is 5.94. The van der Waals surface area contributed by atoms with Crippen molar-refractivity contribution in [1.82, 2.24) is 15.1 Å². The number of hydrogen-bond donors (Lipinski definition) is 1. The third kappa shape index (κ3) is 3.16. The molecule has 1 aliphatic rings. The third-order valence-corrected chi connectivity index (χ3v) is 4.85. The lowest BCUT2D eigenvalue weighted by atomic mass is 9.92. The zero-order chi connectivity index (χ0) is 16.4. The fourth-order valence-electron chi connectivity index (χ4n) is 3.41. The molecule has 2 aromatic rings. The summed E-state index contributed by atoms with van der Waals surface area (Å²) in [6.07, 6.45) is 4.80. The Bertz CT molecular complexity index is 672. The van der Waals surface area contributed by atoms with Gasteiger partial charge < -0.3 is 4.90 Å². The van der Waals surface area contributed by atoms with E-state index in [4.69, 9.17) is 0 Å². The van der Waals surface area contributed by atoms with E-state index in [0.717, 1.165) is 37.1 Å². The van der Waals surface area contributed by atoms with Gasteiger partial charge in [-0.05, 0) is 55.4 Å². The van der Waals surface area contributed by atoms with E-state index in [1.807, 2.05) is 23.2 Å². The Hall–Kier alpha value is -2.10. The fraction of sp³-hybridized carbons (Fsp3) is 0.474. The van der Waals surface area contributed by atoms with Gasteiger partial charge in [-0.1, -0.05) is 26.0 Å². The zero-order valence-electron chi connectivity index (χ0n) is 14.2. The Kier molecular flexibility index (Phi) is 4.51. The number of rotatable bonds is 4. The summed E-state index contributed by atoms with van der Waals surface area (Å²) in [5.41, 5.74) is 4.47. The van der Waals surface area contributed by atoms with E-state index >= 15 is 0 Å². The van der Waals surface area contributed by atoms with Crippen molar-refractivity contribution < 1.29 is 4.79 Å². The molecule has 4 heteroatoms. The number of aryl methyl sites for hydroxylation is 1. The largest absolute Gasteiger partial charge is 0.336 e. The minimum Gasteiger partial charge on any atom is -0.336 e. The number of H-pyrrole nitrogens is 1. The van der Waals surface area contributed by atoms with Gasteiger partial charge in [0.2, 0.25) is 0 Å². The molecule has 0 spiro atoms. The molecule has 122 valence electrons. The highest BCUT2D eigenvalue weighted by Gasteiger charge is 2.28. The molecule has 1 N–H and O–H groups in total. The summed E-state index contributed by atoms with van der Waals surface area (Å²) < 4.78 is 0. The number of carbonyl (C=O) groups excluding carboxylic acids is 1. The van der Waals surface area contributed by atoms with Crippen molar-refractivity contribution in [3.05, 3.63) is 52.8 Å². The lowest BCUT2D eigenvalue weighted by molar-refractivity contribution is 0.0674. The van der Waals surface area contributed by atoms with Crippen LogP contribution >= 0.6 is 0 Å². The Morgan fingerprint density at radius 2 is 2.09 bits per heavy atom. The first kappa shape index (κ1) is 15.8. The van der Waals surface area contributed by atoms with Gasteiger partial charge in [-0.3, -0.25) is 9.89 Å². The second-order valence-electron chi connectivity index (χ2n) is 6.62. The predicted octanol–water partition coefficient (Wildman–Crippen LogP) is 3.55. The quantitative estimate of drug-likeness (QED) is 0.938. The molecule has 23 heavy (non-hydrogen) atoms. The molecule has 0 bridgehead atoms. The van der Waals surface area contributed by atoms with Crippen molar-refractivity contribution in [3.63, 3.8) is 0 Å². The maximum Gasteiger partial charge on any atom is 0.254 e. The smallest absolute Gasteiger partial charge is 0.254 e. The van der Waals surface area contributed by atoms with Gasteiger partial charge in [-0.25, -0.2) is 0 Å². The van der Waals surface area contributed by atoms with E-state index in [2.05, 4.69) is 43.1 Å². The maximum atomic E-state index is 12.9.